The van der Waals surface area contributed by atoms with Gasteiger partial charge in [-0.1, -0.05) is 19.1 Å². The molecule has 0 bridgehead atoms. The number of hydrogen-bond acceptors (Lipinski definition) is 8. The molecule has 0 saturated heterocycles. The molecule has 1 aromatic carbocycles. The second-order valence-corrected chi connectivity index (χ2v) is 8.11. The first-order chi connectivity index (χ1) is 15.1. The van der Waals surface area contributed by atoms with E-state index in [0.29, 0.717) is 34.5 Å². The van der Waals surface area contributed by atoms with Gasteiger partial charge in [0, 0.05) is 19.7 Å². The van der Waals surface area contributed by atoms with Gasteiger partial charge in [0.2, 0.25) is 0 Å². The van der Waals surface area contributed by atoms with Crippen LogP contribution in [0.1, 0.15) is 38.9 Å². The summed E-state index contributed by atoms with van der Waals surface area (Å²) in [4.78, 5) is 67.3. The van der Waals surface area contributed by atoms with Gasteiger partial charge in [-0.05, 0) is 30.2 Å². The summed E-state index contributed by atoms with van der Waals surface area (Å²) in [5.41, 5.74) is -0.425. The zero-order valence-electron chi connectivity index (χ0n) is 17.2. The molecule has 0 aliphatic heterocycles. The van der Waals surface area contributed by atoms with Crippen molar-refractivity contribution < 1.29 is 13.9 Å². The largest absolute Gasteiger partial charge is 0.332 e. The lowest BCUT2D eigenvalue weighted by Crippen LogP contribution is -2.39. The van der Waals surface area contributed by atoms with Crippen molar-refractivity contribution in [3.8, 4) is 0 Å². The van der Waals surface area contributed by atoms with Crippen molar-refractivity contribution in [1.29, 1.82) is 0 Å². The molecule has 1 aliphatic carbocycles. The van der Waals surface area contributed by atoms with Crippen molar-refractivity contribution >= 4 is 40.1 Å². The first-order valence-electron chi connectivity index (χ1n) is 9.51. The maximum Gasteiger partial charge on any atom is 0.332 e. The Morgan fingerprint density at radius 1 is 1.03 bits per heavy atom. The van der Waals surface area contributed by atoms with Crippen molar-refractivity contribution in [2.45, 2.75) is 18.2 Å². The zero-order chi connectivity index (χ0) is 23.3. The van der Waals surface area contributed by atoms with Crippen LogP contribution in [0.4, 0.5) is 0 Å². The van der Waals surface area contributed by atoms with Crippen molar-refractivity contribution in [2.75, 3.05) is 0 Å². The van der Waals surface area contributed by atoms with Gasteiger partial charge in [-0.25, -0.2) is 9.78 Å². The number of aromatic nitrogens is 3. The average molecular weight is 452 g/mol. The maximum absolute atomic E-state index is 13.4. The highest BCUT2D eigenvalue weighted by Gasteiger charge is 2.33. The lowest BCUT2D eigenvalue weighted by Gasteiger charge is -2.20. The molecule has 0 atom stereocenters. The molecule has 10 nitrogen and oxygen atoms in total. The zero-order valence-corrected chi connectivity index (χ0v) is 18.1. The van der Waals surface area contributed by atoms with Gasteiger partial charge >= 0.3 is 5.69 Å². The van der Waals surface area contributed by atoms with Crippen molar-refractivity contribution in [2.24, 2.45) is 14.1 Å². The van der Waals surface area contributed by atoms with Gasteiger partial charge in [-0.3, -0.25) is 33.6 Å². The van der Waals surface area contributed by atoms with Crippen LogP contribution >= 0.6 is 11.9 Å². The molecule has 0 saturated carbocycles. The number of ketones is 2. The number of carbonyl (C=O) groups excluding carboxylic acids is 2. The van der Waals surface area contributed by atoms with E-state index in [1.807, 2.05) is 0 Å². The predicted octanol–water partition coefficient (Wildman–Crippen LogP) is 1.94. The third-order valence-corrected chi connectivity index (χ3v) is 5.97. The van der Waals surface area contributed by atoms with Crippen molar-refractivity contribution in [1.82, 2.24) is 14.1 Å². The summed E-state index contributed by atoms with van der Waals surface area (Å²) in [5.74, 6) is -1.02. The van der Waals surface area contributed by atoms with Crippen LogP contribution in [0, 0.1) is 10.1 Å². The minimum absolute atomic E-state index is 0.0435. The van der Waals surface area contributed by atoms with Crippen LogP contribution in [0.25, 0.3) is 16.6 Å². The van der Waals surface area contributed by atoms with E-state index in [1.165, 1.54) is 42.9 Å². The van der Waals surface area contributed by atoms with E-state index in [9.17, 15) is 29.3 Å². The summed E-state index contributed by atoms with van der Waals surface area (Å²) >= 11 is 0.433. The molecule has 0 spiro atoms. The Morgan fingerprint density at radius 2 is 1.69 bits per heavy atom. The number of rotatable bonds is 4. The molecule has 32 heavy (non-hydrogen) atoms. The van der Waals surface area contributed by atoms with E-state index in [0.717, 1.165) is 10.6 Å². The molecule has 162 valence electrons. The highest BCUT2D eigenvalue weighted by Crippen LogP contribution is 2.33. The van der Waals surface area contributed by atoms with Crippen LogP contribution in [0.5, 0.6) is 0 Å². The smallest absolute Gasteiger partial charge is 0.289 e. The normalized spacial score (nSPS) is 13.3. The highest BCUT2D eigenvalue weighted by molar-refractivity contribution is 7.93. The minimum atomic E-state index is -0.700. The minimum Gasteiger partial charge on any atom is -0.289 e. The van der Waals surface area contributed by atoms with Crippen LogP contribution in [0.15, 0.2) is 44.8 Å². The molecular weight excluding hydrogens is 436 g/mol. The van der Waals surface area contributed by atoms with Crippen LogP contribution in [0.3, 0.4) is 0 Å². The van der Waals surface area contributed by atoms with Crippen LogP contribution < -0.4 is 11.2 Å². The van der Waals surface area contributed by atoms with Gasteiger partial charge in [0.05, 0.1) is 27.1 Å². The standard InChI is InChI=1S/C21H16N4O6S/c1-4-13-15-16(17-19(22-13)23(2)21(29)24(3)20(17)28)14(26)9-12(18(15)27)10-5-7-11(8-6-10)32-25(30)31/h5-9H,4H2,1-3H3. The second-order valence-electron chi connectivity index (χ2n) is 7.16. The lowest BCUT2D eigenvalue weighted by atomic mass is 9.83. The Hall–Kier alpha value is -3.86. The third kappa shape index (κ3) is 3.17. The molecule has 0 N–H and O–H groups in total. The Kier molecular flexibility index (Phi) is 5.13. The summed E-state index contributed by atoms with van der Waals surface area (Å²) in [7, 11) is 2.74. The fourth-order valence-electron chi connectivity index (χ4n) is 3.78. The van der Waals surface area contributed by atoms with Crippen molar-refractivity contribution in [3.63, 3.8) is 0 Å². The van der Waals surface area contributed by atoms with E-state index in [1.54, 1.807) is 6.92 Å². The van der Waals surface area contributed by atoms with E-state index in [-0.39, 0.29) is 27.7 Å². The fraction of sp³-hybridized carbons (Fsp3) is 0.190. The van der Waals surface area contributed by atoms with E-state index in [2.05, 4.69) is 4.98 Å². The first-order valence-corrected chi connectivity index (χ1v) is 10.3. The number of benzene rings is 1. The Balaban J connectivity index is 1.97. The Labute approximate surface area is 184 Å². The van der Waals surface area contributed by atoms with Crippen LogP contribution in [0.2, 0.25) is 0 Å². The predicted molar refractivity (Wildman–Crippen MR) is 118 cm³/mol. The van der Waals surface area contributed by atoms with Gasteiger partial charge in [0.15, 0.2) is 11.6 Å². The molecule has 3 aromatic rings. The number of allylic oxidation sites excluding steroid dienone is 2. The number of nitrogens with zero attached hydrogens (tertiary/aromatic N) is 4. The summed E-state index contributed by atoms with van der Waals surface area (Å²) in [6.07, 6.45) is 1.45. The number of fused-ring (bicyclic) bond motifs is 3. The van der Waals surface area contributed by atoms with Gasteiger partial charge < -0.3 is 0 Å². The molecular formula is C21H16N4O6S. The van der Waals surface area contributed by atoms with Crippen molar-refractivity contribution in [3.05, 3.63) is 83.7 Å². The molecule has 0 unspecified atom stereocenters. The number of pyridine rings is 1. The monoisotopic (exact) mass is 452 g/mol. The number of carbonyl (C=O) groups is 2. The van der Waals surface area contributed by atoms with E-state index >= 15 is 0 Å². The highest BCUT2D eigenvalue weighted by atomic mass is 32.2. The topological polar surface area (TPSA) is 134 Å². The number of hydrogen-bond donors (Lipinski definition) is 0. The summed E-state index contributed by atoms with van der Waals surface area (Å²) in [5, 5.41) is 10.6. The summed E-state index contributed by atoms with van der Waals surface area (Å²) in [6, 6.07) is 6.02. The van der Waals surface area contributed by atoms with Gasteiger partial charge in [-0.15, -0.1) is 0 Å². The summed E-state index contributed by atoms with van der Waals surface area (Å²) in [6.45, 7) is 1.76. The first kappa shape index (κ1) is 21.4. The molecule has 1 aliphatic rings. The van der Waals surface area contributed by atoms with Crippen LogP contribution in [-0.4, -0.2) is 30.0 Å². The number of nitro groups is 1. The molecule has 4 rings (SSSR count). The average Bonchev–Trinajstić information content (AvgIpc) is 2.77. The maximum atomic E-state index is 13.4. The Morgan fingerprint density at radius 3 is 2.28 bits per heavy atom. The molecule has 2 heterocycles. The molecule has 0 amide bonds. The fourth-order valence-corrected chi connectivity index (χ4v) is 4.21. The van der Waals surface area contributed by atoms with Crippen LogP contribution in [-0.2, 0) is 20.5 Å². The van der Waals surface area contributed by atoms with Gasteiger partial charge in [-0.2, -0.15) is 0 Å². The van der Waals surface area contributed by atoms with Gasteiger partial charge in [0.25, 0.3) is 17.5 Å². The van der Waals surface area contributed by atoms with E-state index in [4.69, 9.17) is 0 Å². The van der Waals surface area contributed by atoms with E-state index < -0.39 is 27.1 Å². The number of aryl methyl sites for hydroxylation is 2. The summed E-state index contributed by atoms with van der Waals surface area (Å²) < 4.78 is 1.51. The SMILES string of the molecule is CCc1nc2c(c3c1C(=O)C(c1ccc(S[N+](=O)[O-])cc1)=CC3=O)c(=O)n(C)c(=O)n2C. The number of Topliss-reactive ketones (excluding diaryl/α,β-unsaturated/α-hetero) is 1. The lowest BCUT2D eigenvalue weighted by molar-refractivity contribution is -0.284. The molecule has 0 radical (unpaired) electrons. The molecule has 0 fully saturated rings. The quantitative estimate of drug-likeness (QED) is 0.333. The molecule has 2 aromatic heterocycles. The van der Waals surface area contributed by atoms with Gasteiger partial charge in [0.1, 0.15) is 9.98 Å². The second kappa shape index (κ2) is 7.68. The Bertz CT molecular complexity index is 1500. The third-order valence-electron chi connectivity index (χ3n) is 5.34. The molecule has 11 heteroatoms.